The zero-order chi connectivity index (χ0) is 25.3. The van der Waals surface area contributed by atoms with Crippen molar-refractivity contribution in [3.63, 3.8) is 0 Å². The third kappa shape index (κ3) is 7.11. The summed E-state index contributed by atoms with van der Waals surface area (Å²) in [5.74, 6) is 1.88. The van der Waals surface area contributed by atoms with Crippen molar-refractivity contribution in [1.82, 2.24) is 9.62 Å². The fourth-order valence-corrected chi connectivity index (χ4v) is 5.83. The molecule has 0 atom stereocenters. The van der Waals surface area contributed by atoms with E-state index >= 15 is 0 Å². The van der Waals surface area contributed by atoms with Gasteiger partial charge in [-0.2, -0.15) is 4.31 Å². The van der Waals surface area contributed by atoms with E-state index in [9.17, 15) is 13.2 Å². The van der Waals surface area contributed by atoms with Gasteiger partial charge in [-0.1, -0.05) is 12.5 Å². The SMILES string of the molecule is COc1ccc(S(=O)(=O)N2CCCCC2)cc1CCC(=O)NCCCc1ccc(OC)c(OC)c1. The molecule has 2 aromatic carbocycles. The number of ether oxygens (including phenoxy) is 3. The lowest BCUT2D eigenvalue weighted by Gasteiger charge is -2.26. The highest BCUT2D eigenvalue weighted by Gasteiger charge is 2.26. The van der Waals surface area contributed by atoms with Crippen LogP contribution in [0.1, 0.15) is 43.2 Å². The van der Waals surface area contributed by atoms with E-state index in [0.717, 1.165) is 37.7 Å². The first-order valence-electron chi connectivity index (χ1n) is 12.0. The van der Waals surface area contributed by atoms with E-state index in [1.54, 1.807) is 43.8 Å². The number of nitrogens with one attached hydrogen (secondary N) is 1. The average Bonchev–Trinajstić information content (AvgIpc) is 2.90. The second-order valence-corrected chi connectivity index (χ2v) is 10.5. The highest BCUT2D eigenvalue weighted by molar-refractivity contribution is 7.89. The van der Waals surface area contributed by atoms with E-state index in [-0.39, 0.29) is 17.2 Å². The summed E-state index contributed by atoms with van der Waals surface area (Å²) in [6.07, 6.45) is 5.05. The summed E-state index contributed by atoms with van der Waals surface area (Å²) in [7, 11) is 1.22. The van der Waals surface area contributed by atoms with E-state index in [0.29, 0.717) is 48.9 Å². The van der Waals surface area contributed by atoms with Gasteiger partial charge in [-0.3, -0.25) is 4.79 Å². The van der Waals surface area contributed by atoms with Crippen LogP contribution in [0.2, 0.25) is 0 Å². The average molecular weight is 505 g/mol. The van der Waals surface area contributed by atoms with Gasteiger partial charge in [0, 0.05) is 26.1 Å². The van der Waals surface area contributed by atoms with Crippen LogP contribution in [0.4, 0.5) is 0 Å². The number of methoxy groups -OCH3 is 3. The van der Waals surface area contributed by atoms with Gasteiger partial charge in [0.05, 0.1) is 26.2 Å². The molecule has 3 rings (SSSR count). The van der Waals surface area contributed by atoms with Gasteiger partial charge in [0.15, 0.2) is 11.5 Å². The molecule has 0 bridgehead atoms. The van der Waals surface area contributed by atoms with Gasteiger partial charge in [0.1, 0.15) is 5.75 Å². The zero-order valence-corrected chi connectivity index (χ0v) is 21.7. The molecular formula is C26H36N2O6S. The molecule has 1 N–H and O–H groups in total. The molecule has 8 nitrogen and oxygen atoms in total. The van der Waals surface area contributed by atoms with Gasteiger partial charge in [-0.05, 0) is 73.6 Å². The molecular weight excluding hydrogens is 468 g/mol. The summed E-state index contributed by atoms with van der Waals surface area (Å²) >= 11 is 0. The monoisotopic (exact) mass is 504 g/mol. The van der Waals surface area contributed by atoms with E-state index in [1.807, 2.05) is 18.2 Å². The van der Waals surface area contributed by atoms with E-state index < -0.39 is 10.0 Å². The topological polar surface area (TPSA) is 94.2 Å². The van der Waals surface area contributed by atoms with Crippen LogP contribution in [0.15, 0.2) is 41.3 Å². The number of benzene rings is 2. The van der Waals surface area contributed by atoms with Gasteiger partial charge in [0.2, 0.25) is 15.9 Å². The highest BCUT2D eigenvalue weighted by atomic mass is 32.2. The molecule has 0 saturated carbocycles. The van der Waals surface area contributed by atoms with Crippen molar-refractivity contribution in [3.05, 3.63) is 47.5 Å². The predicted octanol–water partition coefficient (Wildman–Crippen LogP) is 3.57. The number of rotatable bonds is 12. The first-order chi connectivity index (χ1) is 16.9. The minimum absolute atomic E-state index is 0.0799. The molecule has 1 saturated heterocycles. The third-order valence-electron chi connectivity index (χ3n) is 6.24. The van der Waals surface area contributed by atoms with Gasteiger partial charge in [0.25, 0.3) is 0 Å². The van der Waals surface area contributed by atoms with Gasteiger partial charge in [-0.15, -0.1) is 0 Å². The molecule has 1 fully saturated rings. The molecule has 1 aliphatic rings. The number of nitrogens with zero attached hydrogens (tertiary/aromatic N) is 1. The molecule has 0 radical (unpaired) electrons. The Balaban J connectivity index is 1.52. The lowest BCUT2D eigenvalue weighted by Crippen LogP contribution is -2.35. The number of amides is 1. The predicted molar refractivity (Wildman–Crippen MR) is 135 cm³/mol. The molecule has 1 amide bonds. The van der Waals surface area contributed by atoms with Crippen LogP contribution < -0.4 is 19.5 Å². The zero-order valence-electron chi connectivity index (χ0n) is 20.8. The smallest absolute Gasteiger partial charge is 0.243 e. The minimum Gasteiger partial charge on any atom is -0.496 e. The third-order valence-corrected chi connectivity index (χ3v) is 8.13. The standard InChI is InChI=1S/C26H36N2O6S/c1-32-23-13-11-22(35(30,31)28-16-5-4-6-17-28)19-21(23)10-14-26(29)27-15-7-8-20-9-12-24(33-2)25(18-20)34-3/h9,11-13,18-19H,4-8,10,14-17H2,1-3H3,(H,27,29). The van der Waals surface area contributed by atoms with Crippen LogP contribution in [-0.4, -0.2) is 59.6 Å². The lowest BCUT2D eigenvalue weighted by atomic mass is 10.1. The Morgan fingerprint density at radius 2 is 1.57 bits per heavy atom. The van der Waals surface area contributed by atoms with Crippen molar-refractivity contribution in [1.29, 1.82) is 0 Å². The summed E-state index contributed by atoms with van der Waals surface area (Å²) < 4.78 is 43.6. The Labute approximate surface area is 208 Å². The van der Waals surface area contributed by atoms with Gasteiger partial charge in [-0.25, -0.2) is 8.42 Å². The molecule has 2 aromatic rings. The molecule has 192 valence electrons. The van der Waals surface area contributed by atoms with Crippen LogP contribution >= 0.6 is 0 Å². The number of hydrogen-bond donors (Lipinski definition) is 1. The normalized spacial score (nSPS) is 14.4. The van der Waals surface area contributed by atoms with Crippen LogP contribution in [0.25, 0.3) is 0 Å². The molecule has 35 heavy (non-hydrogen) atoms. The Bertz CT molecular complexity index is 1100. The Kier molecular flexibility index (Phi) is 9.80. The van der Waals surface area contributed by atoms with Crippen molar-refractivity contribution in [2.45, 2.75) is 49.8 Å². The van der Waals surface area contributed by atoms with Crippen molar-refractivity contribution < 1.29 is 27.4 Å². The number of carbonyl (C=O) groups excluding carboxylic acids is 1. The van der Waals surface area contributed by atoms with Gasteiger partial charge >= 0.3 is 0 Å². The Morgan fingerprint density at radius 3 is 2.26 bits per heavy atom. The van der Waals surface area contributed by atoms with E-state index in [2.05, 4.69) is 5.32 Å². The second-order valence-electron chi connectivity index (χ2n) is 8.58. The van der Waals surface area contributed by atoms with E-state index in [4.69, 9.17) is 14.2 Å². The lowest BCUT2D eigenvalue weighted by molar-refractivity contribution is -0.121. The van der Waals surface area contributed by atoms with Crippen molar-refractivity contribution in [2.75, 3.05) is 41.0 Å². The number of hydrogen-bond acceptors (Lipinski definition) is 6. The summed E-state index contributed by atoms with van der Waals surface area (Å²) in [6.45, 7) is 1.65. The Morgan fingerprint density at radius 1 is 0.886 bits per heavy atom. The maximum atomic E-state index is 13.0. The maximum Gasteiger partial charge on any atom is 0.243 e. The maximum absolute atomic E-state index is 13.0. The molecule has 1 aliphatic heterocycles. The minimum atomic E-state index is -3.54. The molecule has 0 unspecified atom stereocenters. The van der Waals surface area contributed by atoms with Crippen molar-refractivity contribution >= 4 is 15.9 Å². The second kappa shape index (κ2) is 12.8. The van der Waals surface area contributed by atoms with Crippen LogP contribution in [0.3, 0.4) is 0 Å². The van der Waals surface area contributed by atoms with Crippen LogP contribution in [-0.2, 0) is 27.7 Å². The molecule has 0 aliphatic carbocycles. The molecule has 1 heterocycles. The number of sulfonamides is 1. The molecule has 0 spiro atoms. The summed E-state index contributed by atoms with van der Waals surface area (Å²) in [5, 5.41) is 2.95. The Hall–Kier alpha value is -2.78. The number of carbonyl (C=O) groups is 1. The summed E-state index contributed by atoms with van der Waals surface area (Å²) in [4.78, 5) is 12.7. The first kappa shape index (κ1) is 26.8. The quantitative estimate of drug-likeness (QED) is 0.444. The van der Waals surface area contributed by atoms with E-state index in [1.165, 1.54) is 0 Å². The van der Waals surface area contributed by atoms with Crippen LogP contribution in [0.5, 0.6) is 17.2 Å². The number of aryl methyl sites for hydroxylation is 2. The highest BCUT2D eigenvalue weighted by Crippen LogP contribution is 2.28. The van der Waals surface area contributed by atoms with Gasteiger partial charge < -0.3 is 19.5 Å². The first-order valence-corrected chi connectivity index (χ1v) is 13.5. The summed E-state index contributed by atoms with van der Waals surface area (Å²) in [6, 6.07) is 10.7. The fraction of sp³-hybridized carbons (Fsp3) is 0.500. The summed E-state index contributed by atoms with van der Waals surface area (Å²) in [5.41, 5.74) is 1.82. The largest absolute Gasteiger partial charge is 0.496 e. The van der Waals surface area contributed by atoms with Crippen molar-refractivity contribution in [2.24, 2.45) is 0 Å². The van der Waals surface area contributed by atoms with Crippen LogP contribution in [0, 0.1) is 0 Å². The molecule has 0 aromatic heterocycles. The van der Waals surface area contributed by atoms with Crippen molar-refractivity contribution in [3.8, 4) is 17.2 Å². The molecule has 9 heteroatoms. The fourth-order valence-electron chi connectivity index (χ4n) is 4.26. The number of piperidine rings is 1.